The van der Waals surface area contributed by atoms with Gasteiger partial charge in [0.1, 0.15) is 11.0 Å². The van der Waals surface area contributed by atoms with Crippen LogP contribution in [0.1, 0.15) is 36.8 Å². The smallest absolute Gasteiger partial charge is 0.135 e. The highest BCUT2D eigenvalue weighted by Crippen LogP contribution is 2.46. The van der Waals surface area contributed by atoms with E-state index < -0.39 is 5.60 Å². The van der Waals surface area contributed by atoms with E-state index in [0.717, 1.165) is 43.3 Å². The quantitative estimate of drug-likeness (QED) is 0.796. The number of hydrogen-bond donors (Lipinski definition) is 1. The molecule has 1 aromatic heterocycles. The first-order chi connectivity index (χ1) is 12.2. The van der Waals surface area contributed by atoms with Crippen molar-refractivity contribution in [3.8, 4) is 0 Å². The summed E-state index contributed by atoms with van der Waals surface area (Å²) in [5, 5.41) is 19.2. The third-order valence-corrected chi connectivity index (χ3v) is 5.92. The van der Waals surface area contributed by atoms with Crippen molar-refractivity contribution in [2.24, 2.45) is 0 Å². The van der Waals surface area contributed by atoms with E-state index in [4.69, 9.17) is 4.63 Å². The lowest BCUT2D eigenvalue weighted by atomic mass is 9.80. The van der Waals surface area contributed by atoms with Gasteiger partial charge >= 0.3 is 0 Å². The minimum absolute atomic E-state index is 0.426. The van der Waals surface area contributed by atoms with Gasteiger partial charge < -0.3 is 5.11 Å². The molecule has 2 aliphatic heterocycles. The molecule has 2 saturated heterocycles. The summed E-state index contributed by atoms with van der Waals surface area (Å²) in [5.41, 5.74) is 2.94. The number of fused-ring (bicyclic) bond motifs is 3. The highest BCUT2D eigenvalue weighted by molar-refractivity contribution is 5.74. The Balaban J connectivity index is 1.41. The topological polar surface area (TPSA) is 62.4 Å². The van der Waals surface area contributed by atoms with Gasteiger partial charge in [-0.15, -0.1) is 0 Å². The summed E-state index contributed by atoms with van der Waals surface area (Å²) in [7, 11) is 0. The number of piperidine rings is 1. The van der Waals surface area contributed by atoms with Crippen LogP contribution in [0, 0.1) is 0 Å². The average molecular weight is 335 g/mol. The van der Waals surface area contributed by atoms with E-state index in [2.05, 4.69) is 45.5 Å². The first-order valence-corrected chi connectivity index (χ1v) is 8.96. The Morgan fingerprint density at radius 2 is 1.72 bits per heavy atom. The largest absolute Gasteiger partial charge is 0.385 e. The van der Waals surface area contributed by atoms with Gasteiger partial charge in [-0.2, -0.15) is 0 Å². The molecule has 2 aromatic carbocycles. The summed E-state index contributed by atoms with van der Waals surface area (Å²) < 4.78 is 4.79. The molecule has 5 nitrogen and oxygen atoms in total. The molecular formula is C20H21N3O2. The molecule has 2 aliphatic rings. The van der Waals surface area contributed by atoms with Gasteiger partial charge in [0, 0.05) is 18.6 Å². The maximum atomic E-state index is 11.4. The van der Waals surface area contributed by atoms with E-state index in [9.17, 15) is 5.11 Å². The molecule has 5 rings (SSSR count). The minimum atomic E-state index is -0.786. The van der Waals surface area contributed by atoms with Crippen LogP contribution in [-0.2, 0) is 12.1 Å². The lowest BCUT2D eigenvalue weighted by molar-refractivity contribution is -0.0594. The minimum Gasteiger partial charge on any atom is -0.385 e. The SMILES string of the molecule is OC1(c2ccc3nonc3c2)CC2CCC(C1)N2Cc1ccccc1. The lowest BCUT2D eigenvalue weighted by Gasteiger charge is -2.44. The van der Waals surface area contributed by atoms with Crippen molar-refractivity contribution in [3.63, 3.8) is 0 Å². The van der Waals surface area contributed by atoms with Crippen LogP contribution >= 0.6 is 0 Å². The van der Waals surface area contributed by atoms with Crippen LogP contribution in [0.2, 0.25) is 0 Å². The third-order valence-electron chi connectivity index (χ3n) is 5.92. The molecule has 3 heterocycles. The molecule has 2 bridgehead atoms. The Hall–Kier alpha value is -2.24. The fourth-order valence-electron chi connectivity index (χ4n) is 4.68. The molecule has 2 unspecified atom stereocenters. The van der Waals surface area contributed by atoms with Crippen LogP contribution in [-0.4, -0.2) is 32.4 Å². The predicted molar refractivity (Wildman–Crippen MR) is 93.7 cm³/mol. The van der Waals surface area contributed by atoms with Crippen LogP contribution in [0.25, 0.3) is 11.0 Å². The molecular weight excluding hydrogens is 314 g/mol. The van der Waals surface area contributed by atoms with E-state index in [0.29, 0.717) is 17.6 Å². The van der Waals surface area contributed by atoms with Crippen LogP contribution in [0.5, 0.6) is 0 Å². The molecule has 25 heavy (non-hydrogen) atoms. The highest BCUT2D eigenvalue weighted by atomic mass is 16.6. The summed E-state index contributed by atoms with van der Waals surface area (Å²) in [6.07, 6.45) is 3.86. The average Bonchev–Trinajstić information content (AvgIpc) is 3.19. The molecule has 0 radical (unpaired) electrons. The predicted octanol–water partition coefficient (Wildman–Crippen LogP) is 3.24. The van der Waals surface area contributed by atoms with Gasteiger partial charge in [-0.25, -0.2) is 4.63 Å². The Bertz CT molecular complexity index is 878. The maximum absolute atomic E-state index is 11.4. The van der Waals surface area contributed by atoms with Gasteiger partial charge in [0.15, 0.2) is 0 Å². The molecule has 1 N–H and O–H groups in total. The Morgan fingerprint density at radius 3 is 2.48 bits per heavy atom. The molecule has 2 atom stereocenters. The number of hydrogen-bond acceptors (Lipinski definition) is 5. The Morgan fingerprint density at radius 1 is 1.00 bits per heavy atom. The molecule has 0 saturated carbocycles. The summed E-state index contributed by atoms with van der Waals surface area (Å²) in [6, 6.07) is 17.3. The van der Waals surface area contributed by atoms with Crippen molar-refractivity contribution in [1.82, 2.24) is 15.2 Å². The normalized spacial score (nSPS) is 29.3. The number of aliphatic hydroxyl groups is 1. The van der Waals surface area contributed by atoms with Crippen molar-refractivity contribution in [2.45, 2.75) is 49.9 Å². The second-order valence-corrected chi connectivity index (χ2v) is 7.45. The zero-order valence-corrected chi connectivity index (χ0v) is 14.0. The van der Waals surface area contributed by atoms with Crippen molar-refractivity contribution >= 4 is 11.0 Å². The van der Waals surface area contributed by atoms with E-state index >= 15 is 0 Å². The number of nitrogens with zero attached hydrogens (tertiary/aromatic N) is 3. The van der Waals surface area contributed by atoms with Crippen molar-refractivity contribution in [3.05, 3.63) is 59.7 Å². The van der Waals surface area contributed by atoms with E-state index in [1.807, 2.05) is 18.2 Å². The van der Waals surface area contributed by atoms with E-state index in [1.54, 1.807) is 0 Å². The molecule has 0 aliphatic carbocycles. The van der Waals surface area contributed by atoms with Crippen molar-refractivity contribution in [1.29, 1.82) is 0 Å². The molecule has 3 aromatic rings. The standard InChI is InChI=1S/C20H21N3O2/c24-20(15-6-9-18-19(10-15)22-25-21-18)11-16-7-8-17(12-20)23(16)13-14-4-2-1-3-5-14/h1-6,9-10,16-17,24H,7-8,11-13H2. The van der Waals surface area contributed by atoms with Crippen LogP contribution in [0.4, 0.5) is 0 Å². The van der Waals surface area contributed by atoms with E-state index in [1.165, 1.54) is 5.56 Å². The van der Waals surface area contributed by atoms with E-state index in [-0.39, 0.29) is 0 Å². The summed E-state index contributed by atoms with van der Waals surface area (Å²) in [4.78, 5) is 2.58. The van der Waals surface area contributed by atoms with Gasteiger partial charge in [-0.3, -0.25) is 4.90 Å². The fraction of sp³-hybridized carbons (Fsp3) is 0.400. The van der Waals surface area contributed by atoms with Crippen LogP contribution in [0.3, 0.4) is 0 Å². The fourth-order valence-corrected chi connectivity index (χ4v) is 4.68. The van der Waals surface area contributed by atoms with Gasteiger partial charge in [-0.05, 0) is 59.3 Å². The third kappa shape index (κ3) is 2.55. The molecule has 128 valence electrons. The monoisotopic (exact) mass is 335 g/mol. The van der Waals surface area contributed by atoms with Gasteiger partial charge in [0.05, 0.1) is 5.60 Å². The Kier molecular flexibility index (Phi) is 3.40. The van der Waals surface area contributed by atoms with Crippen molar-refractivity contribution in [2.75, 3.05) is 0 Å². The van der Waals surface area contributed by atoms with Gasteiger partial charge in [0.25, 0.3) is 0 Å². The lowest BCUT2D eigenvalue weighted by Crippen LogP contribution is -2.49. The first kappa shape index (κ1) is 15.0. The molecule has 0 amide bonds. The summed E-state index contributed by atoms with van der Waals surface area (Å²) in [5.74, 6) is 0. The molecule has 2 fully saturated rings. The zero-order valence-electron chi connectivity index (χ0n) is 14.0. The molecule has 0 spiro atoms. The van der Waals surface area contributed by atoms with Crippen molar-refractivity contribution < 1.29 is 9.74 Å². The number of benzene rings is 2. The number of aromatic nitrogens is 2. The Labute approximate surface area is 146 Å². The second kappa shape index (κ2) is 5.64. The summed E-state index contributed by atoms with van der Waals surface area (Å²) in [6.45, 7) is 0.971. The molecule has 5 heteroatoms. The maximum Gasteiger partial charge on any atom is 0.135 e. The van der Waals surface area contributed by atoms with Gasteiger partial charge in [-0.1, -0.05) is 36.4 Å². The summed E-state index contributed by atoms with van der Waals surface area (Å²) >= 11 is 0. The zero-order chi connectivity index (χ0) is 16.9. The number of rotatable bonds is 3. The second-order valence-electron chi connectivity index (χ2n) is 7.45. The van der Waals surface area contributed by atoms with Crippen LogP contribution < -0.4 is 0 Å². The first-order valence-electron chi connectivity index (χ1n) is 8.96. The van der Waals surface area contributed by atoms with Gasteiger partial charge in [0.2, 0.25) is 0 Å². The highest BCUT2D eigenvalue weighted by Gasteiger charge is 2.48. The van der Waals surface area contributed by atoms with Crippen LogP contribution in [0.15, 0.2) is 53.2 Å².